The van der Waals surface area contributed by atoms with E-state index in [0.29, 0.717) is 13.0 Å². The molecule has 1 atom stereocenters. The van der Waals surface area contributed by atoms with Crippen molar-refractivity contribution >= 4 is 23.6 Å². The molecular weight excluding hydrogens is 428 g/mol. The molecular formula is C28H32N2O2S. The molecule has 0 aliphatic rings. The molecule has 4 nitrogen and oxygen atoms in total. The van der Waals surface area contributed by atoms with Gasteiger partial charge in [0.05, 0.1) is 5.75 Å². The minimum atomic E-state index is -0.615. The number of rotatable bonds is 9. The Morgan fingerprint density at radius 3 is 1.88 bits per heavy atom. The second kappa shape index (κ2) is 11.7. The largest absolute Gasteiger partial charge is 0.350 e. The van der Waals surface area contributed by atoms with Crippen molar-refractivity contribution in [3.05, 3.63) is 102 Å². The molecule has 1 N–H and O–H groups in total. The number of carbonyl (C=O) groups is 2. The van der Waals surface area contributed by atoms with E-state index in [1.807, 2.05) is 112 Å². The number of nitrogens with one attached hydrogen (secondary N) is 1. The van der Waals surface area contributed by atoms with Gasteiger partial charge in [-0.15, -0.1) is 11.8 Å². The van der Waals surface area contributed by atoms with E-state index in [1.54, 1.807) is 4.90 Å². The molecule has 0 fully saturated rings. The van der Waals surface area contributed by atoms with Crippen molar-refractivity contribution in [2.75, 3.05) is 5.75 Å². The van der Waals surface area contributed by atoms with Gasteiger partial charge in [-0.05, 0) is 44.0 Å². The third kappa shape index (κ3) is 8.10. The monoisotopic (exact) mass is 460 g/mol. The lowest BCUT2D eigenvalue weighted by atomic mass is 10.0. The number of thioether (sulfide) groups is 1. The summed E-state index contributed by atoms with van der Waals surface area (Å²) in [7, 11) is 0. The average Bonchev–Trinajstić information content (AvgIpc) is 2.80. The molecule has 0 aromatic heterocycles. The highest BCUT2D eigenvalue weighted by Gasteiger charge is 2.32. The number of carbonyl (C=O) groups excluding carboxylic acids is 2. The third-order valence-electron chi connectivity index (χ3n) is 5.07. The second-order valence-corrected chi connectivity index (χ2v) is 10.1. The molecule has 0 saturated carbocycles. The van der Waals surface area contributed by atoms with E-state index in [4.69, 9.17) is 0 Å². The number of amides is 2. The quantitative estimate of drug-likeness (QED) is 0.439. The first kappa shape index (κ1) is 24.6. The molecule has 0 spiro atoms. The highest BCUT2D eigenvalue weighted by atomic mass is 32.2. The highest BCUT2D eigenvalue weighted by Crippen LogP contribution is 2.21. The lowest BCUT2D eigenvalue weighted by Crippen LogP contribution is -2.54. The lowest BCUT2D eigenvalue weighted by molar-refractivity contribution is -0.140. The molecule has 3 aromatic carbocycles. The average molecular weight is 461 g/mol. The van der Waals surface area contributed by atoms with E-state index in [-0.39, 0.29) is 17.6 Å². The smallest absolute Gasteiger partial charge is 0.243 e. The van der Waals surface area contributed by atoms with Crippen LogP contribution in [-0.4, -0.2) is 34.0 Å². The molecule has 0 aliphatic carbocycles. The first-order chi connectivity index (χ1) is 15.8. The van der Waals surface area contributed by atoms with E-state index >= 15 is 0 Å². The Morgan fingerprint density at radius 1 is 0.818 bits per heavy atom. The number of hydrogen-bond donors (Lipinski definition) is 1. The van der Waals surface area contributed by atoms with Gasteiger partial charge in [0.15, 0.2) is 0 Å². The van der Waals surface area contributed by atoms with Crippen LogP contribution in [0.3, 0.4) is 0 Å². The van der Waals surface area contributed by atoms with Gasteiger partial charge in [0.1, 0.15) is 6.04 Å². The number of hydrogen-bond acceptors (Lipinski definition) is 3. The van der Waals surface area contributed by atoms with Gasteiger partial charge in [-0.1, -0.05) is 78.9 Å². The molecule has 172 valence electrons. The van der Waals surface area contributed by atoms with Crippen molar-refractivity contribution in [3.63, 3.8) is 0 Å². The molecule has 0 saturated heterocycles. The van der Waals surface area contributed by atoms with Crippen LogP contribution in [-0.2, 0) is 22.6 Å². The standard InChI is InChI=1S/C28H32N2O2S/c1-28(2,3)29-27(32)25(19-22-13-7-4-8-14-22)30(20-23-15-9-5-10-16-23)26(31)21-33-24-17-11-6-12-18-24/h4-18,25H,19-21H2,1-3H3,(H,29,32)/t25-/m0/s1. The van der Waals surface area contributed by atoms with Crippen LogP contribution in [0, 0.1) is 0 Å². The summed E-state index contributed by atoms with van der Waals surface area (Å²) in [5.74, 6) is 0.0725. The fourth-order valence-electron chi connectivity index (χ4n) is 3.53. The molecule has 3 rings (SSSR count). The SMILES string of the molecule is CC(C)(C)NC(=O)[C@H](Cc1ccccc1)N(Cc1ccccc1)C(=O)CSc1ccccc1. The Hall–Kier alpha value is -3.05. The van der Waals surface area contributed by atoms with Crippen LogP contribution in [0.4, 0.5) is 0 Å². The maximum Gasteiger partial charge on any atom is 0.243 e. The third-order valence-corrected chi connectivity index (χ3v) is 6.07. The normalized spacial score (nSPS) is 12.1. The van der Waals surface area contributed by atoms with Crippen LogP contribution < -0.4 is 5.32 Å². The molecule has 33 heavy (non-hydrogen) atoms. The van der Waals surface area contributed by atoms with Crippen LogP contribution in [0.5, 0.6) is 0 Å². The van der Waals surface area contributed by atoms with Crippen molar-refractivity contribution in [2.24, 2.45) is 0 Å². The Labute approximate surface area is 201 Å². The van der Waals surface area contributed by atoms with Crippen molar-refractivity contribution < 1.29 is 9.59 Å². The van der Waals surface area contributed by atoms with Crippen LogP contribution in [0.1, 0.15) is 31.9 Å². The van der Waals surface area contributed by atoms with Gasteiger partial charge in [0, 0.05) is 23.4 Å². The fraction of sp³-hybridized carbons (Fsp3) is 0.286. The van der Waals surface area contributed by atoms with Gasteiger partial charge >= 0.3 is 0 Å². The zero-order chi connectivity index (χ0) is 23.7. The molecule has 0 unspecified atom stereocenters. The fourth-order valence-corrected chi connectivity index (χ4v) is 4.34. The topological polar surface area (TPSA) is 49.4 Å². The zero-order valence-electron chi connectivity index (χ0n) is 19.5. The van der Waals surface area contributed by atoms with Crippen LogP contribution in [0.15, 0.2) is 95.9 Å². The van der Waals surface area contributed by atoms with Crippen molar-refractivity contribution in [1.29, 1.82) is 0 Å². The van der Waals surface area contributed by atoms with Crippen molar-refractivity contribution in [1.82, 2.24) is 10.2 Å². The van der Waals surface area contributed by atoms with E-state index in [1.165, 1.54) is 11.8 Å². The number of nitrogens with zero attached hydrogens (tertiary/aromatic N) is 1. The summed E-state index contributed by atoms with van der Waals surface area (Å²) in [6.07, 6.45) is 0.456. The number of benzene rings is 3. The van der Waals surface area contributed by atoms with Crippen molar-refractivity contribution in [3.8, 4) is 0 Å². The summed E-state index contributed by atoms with van der Waals surface area (Å²) < 4.78 is 0. The summed E-state index contributed by atoms with van der Waals surface area (Å²) in [4.78, 5) is 29.8. The first-order valence-electron chi connectivity index (χ1n) is 11.2. The van der Waals surface area contributed by atoms with Gasteiger partial charge < -0.3 is 10.2 Å². The van der Waals surface area contributed by atoms with Crippen molar-refractivity contribution in [2.45, 2.75) is 50.2 Å². The van der Waals surface area contributed by atoms with Gasteiger partial charge in [-0.3, -0.25) is 9.59 Å². The van der Waals surface area contributed by atoms with Crippen LogP contribution in [0.25, 0.3) is 0 Å². The predicted octanol–water partition coefficient (Wildman–Crippen LogP) is 5.33. The Bertz CT molecular complexity index is 1020. The minimum Gasteiger partial charge on any atom is -0.350 e. The van der Waals surface area contributed by atoms with Gasteiger partial charge in [-0.2, -0.15) is 0 Å². The summed E-state index contributed by atoms with van der Waals surface area (Å²) in [6, 6.07) is 29.0. The molecule has 2 amide bonds. The molecule has 0 radical (unpaired) electrons. The molecule has 0 heterocycles. The Balaban J connectivity index is 1.90. The highest BCUT2D eigenvalue weighted by molar-refractivity contribution is 8.00. The maximum atomic E-state index is 13.5. The van der Waals surface area contributed by atoms with Gasteiger partial charge in [0.25, 0.3) is 0 Å². The molecule has 0 bridgehead atoms. The minimum absolute atomic E-state index is 0.0577. The Kier molecular flexibility index (Phi) is 8.72. The van der Waals surface area contributed by atoms with E-state index in [2.05, 4.69) is 5.32 Å². The molecule has 0 aliphatic heterocycles. The van der Waals surface area contributed by atoms with E-state index < -0.39 is 11.6 Å². The summed E-state index contributed by atoms with van der Waals surface area (Å²) >= 11 is 1.49. The van der Waals surface area contributed by atoms with Crippen LogP contribution in [0.2, 0.25) is 0 Å². The van der Waals surface area contributed by atoms with E-state index in [0.717, 1.165) is 16.0 Å². The van der Waals surface area contributed by atoms with Gasteiger partial charge in [-0.25, -0.2) is 0 Å². The first-order valence-corrected chi connectivity index (χ1v) is 12.2. The lowest BCUT2D eigenvalue weighted by Gasteiger charge is -2.33. The van der Waals surface area contributed by atoms with Gasteiger partial charge in [0.2, 0.25) is 11.8 Å². The molecule has 5 heteroatoms. The van der Waals surface area contributed by atoms with E-state index in [9.17, 15) is 9.59 Å². The summed E-state index contributed by atoms with van der Waals surface area (Å²) in [5, 5.41) is 3.09. The Morgan fingerprint density at radius 2 is 1.33 bits per heavy atom. The molecule has 3 aromatic rings. The predicted molar refractivity (Wildman–Crippen MR) is 136 cm³/mol. The maximum absolute atomic E-state index is 13.5. The summed E-state index contributed by atoms with van der Waals surface area (Å²) in [6.45, 7) is 6.25. The van der Waals surface area contributed by atoms with Crippen LogP contribution >= 0.6 is 11.8 Å². The zero-order valence-corrected chi connectivity index (χ0v) is 20.3. The summed E-state index contributed by atoms with van der Waals surface area (Å²) in [5.41, 5.74) is 1.62. The second-order valence-electron chi connectivity index (χ2n) is 9.05.